The number of hydrogen-bond acceptors (Lipinski definition) is 1. The Labute approximate surface area is 144 Å². The van der Waals surface area contributed by atoms with Gasteiger partial charge in [0.05, 0.1) is 12.1 Å². The molecule has 0 aliphatic carbocycles. The Kier molecular flexibility index (Phi) is 4.54. The average Bonchev–Trinajstić information content (AvgIpc) is 2.56. The van der Waals surface area contributed by atoms with E-state index in [9.17, 15) is 8.78 Å². The van der Waals surface area contributed by atoms with Crippen molar-refractivity contribution in [2.24, 2.45) is 0 Å². The summed E-state index contributed by atoms with van der Waals surface area (Å²) >= 11 is 6.19. The minimum atomic E-state index is -0.421. The highest BCUT2D eigenvalue weighted by molar-refractivity contribution is 6.33. The van der Waals surface area contributed by atoms with Gasteiger partial charge in [-0.15, -0.1) is 0 Å². The Morgan fingerprint density at radius 2 is 1.54 bits per heavy atom. The van der Waals surface area contributed by atoms with Gasteiger partial charge in [0.2, 0.25) is 0 Å². The lowest BCUT2D eigenvalue weighted by Gasteiger charge is -2.16. The van der Waals surface area contributed by atoms with Gasteiger partial charge in [0.15, 0.2) is 0 Å². The summed E-state index contributed by atoms with van der Waals surface area (Å²) in [7, 11) is 1.52. The van der Waals surface area contributed by atoms with E-state index in [2.05, 4.69) is 0 Å². The van der Waals surface area contributed by atoms with Gasteiger partial charge in [-0.05, 0) is 48.4 Å². The first-order valence-corrected chi connectivity index (χ1v) is 7.78. The summed E-state index contributed by atoms with van der Waals surface area (Å²) in [4.78, 5) is 0. The van der Waals surface area contributed by atoms with E-state index >= 15 is 0 Å². The van der Waals surface area contributed by atoms with Crippen LogP contribution in [0, 0.1) is 18.6 Å². The molecule has 3 aromatic rings. The summed E-state index contributed by atoms with van der Waals surface area (Å²) in [5.41, 5.74) is 2.64. The van der Waals surface area contributed by atoms with Crippen LogP contribution in [0.1, 0.15) is 5.56 Å². The third-order valence-electron chi connectivity index (χ3n) is 3.94. The van der Waals surface area contributed by atoms with Crippen molar-refractivity contribution in [2.45, 2.75) is 6.92 Å². The number of rotatable bonds is 3. The molecule has 0 atom stereocenters. The predicted octanol–water partition coefficient (Wildman–Crippen LogP) is 6.27. The topological polar surface area (TPSA) is 9.23 Å². The molecule has 0 unspecified atom stereocenters. The maximum Gasteiger partial charge on any atom is 0.132 e. The van der Waals surface area contributed by atoms with Crippen LogP contribution in [0.2, 0.25) is 5.02 Å². The third-order valence-corrected chi connectivity index (χ3v) is 4.26. The molecule has 0 bridgehead atoms. The standard InChI is InChI=1S/C20H15ClF2O/c1-12-10-19(24-2)15(13-6-3-4-8-17(13)22)11-14(12)20-16(21)7-5-9-18(20)23/h3-11H,1-2H3. The molecule has 0 amide bonds. The lowest BCUT2D eigenvalue weighted by molar-refractivity contribution is 0.416. The van der Waals surface area contributed by atoms with Crippen LogP contribution in [0.15, 0.2) is 54.6 Å². The molecule has 0 N–H and O–H groups in total. The second-order valence-corrected chi connectivity index (χ2v) is 5.85. The molecule has 0 fully saturated rings. The quantitative estimate of drug-likeness (QED) is 0.544. The van der Waals surface area contributed by atoms with E-state index in [1.165, 1.54) is 19.2 Å². The highest BCUT2D eigenvalue weighted by atomic mass is 35.5. The zero-order valence-electron chi connectivity index (χ0n) is 13.2. The second-order valence-electron chi connectivity index (χ2n) is 5.44. The number of hydrogen-bond donors (Lipinski definition) is 0. The van der Waals surface area contributed by atoms with Gasteiger partial charge < -0.3 is 4.74 Å². The van der Waals surface area contributed by atoms with Crippen LogP contribution < -0.4 is 4.74 Å². The Bertz CT molecular complexity index is 885. The highest BCUT2D eigenvalue weighted by Crippen LogP contribution is 2.40. The minimum Gasteiger partial charge on any atom is -0.496 e. The van der Waals surface area contributed by atoms with Gasteiger partial charge in [0.25, 0.3) is 0 Å². The van der Waals surface area contributed by atoms with Gasteiger partial charge in [0.1, 0.15) is 17.4 Å². The molecule has 0 aliphatic heterocycles. The van der Waals surface area contributed by atoms with Crippen LogP contribution in [0.5, 0.6) is 5.75 Å². The molecule has 0 saturated heterocycles. The first kappa shape index (κ1) is 16.5. The number of benzene rings is 3. The van der Waals surface area contributed by atoms with Crippen molar-refractivity contribution in [1.82, 2.24) is 0 Å². The van der Waals surface area contributed by atoms with Crippen LogP contribution in [-0.2, 0) is 0 Å². The normalized spacial score (nSPS) is 10.7. The smallest absolute Gasteiger partial charge is 0.132 e. The zero-order valence-corrected chi connectivity index (χ0v) is 14.0. The minimum absolute atomic E-state index is 0.303. The summed E-state index contributed by atoms with van der Waals surface area (Å²) in [6, 6.07) is 14.4. The average molecular weight is 345 g/mol. The molecular formula is C20H15ClF2O. The molecule has 0 aliphatic rings. The summed E-state index contributed by atoms with van der Waals surface area (Å²) in [5, 5.41) is 0.308. The molecule has 0 radical (unpaired) electrons. The van der Waals surface area contributed by atoms with Crippen LogP contribution in [-0.4, -0.2) is 7.11 Å². The highest BCUT2D eigenvalue weighted by Gasteiger charge is 2.17. The Morgan fingerprint density at radius 1 is 0.833 bits per heavy atom. The molecule has 4 heteroatoms. The third kappa shape index (κ3) is 2.87. The molecule has 1 nitrogen and oxygen atoms in total. The summed E-state index contributed by atoms with van der Waals surface area (Å²) in [6.07, 6.45) is 0. The number of methoxy groups -OCH3 is 1. The number of halogens is 3. The monoisotopic (exact) mass is 344 g/mol. The zero-order chi connectivity index (χ0) is 17.3. The summed E-state index contributed by atoms with van der Waals surface area (Å²) < 4.78 is 33.9. The first-order chi connectivity index (χ1) is 11.5. The molecule has 122 valence electrons. The molecule has 3 rings (SSSR count). The molecule has 0 heterocycles. The maximum atomic E-state index is 14.3. The number of aryl methyl sites for hydroxylation is 1. The van der Waals surface area contributed by atoms with Gasteiger partial charge in [-0.2, -0.15) is 0 Å². The van der Waals surface area contributed by atoms with Gasteiger partial charge in [-0.3, -0.25) is 0 Å². The summed E-state index contributed by atoms with van der Waals surface area (Å²) in [6.45, 7) is 1.84. The van der Waals surface area contributed by atoms with Crippen LogP contribution in [0.3, 0.4) is 0 Å². The van der Waals surface area contributed by atoms with E-state index in [0.717, 1.165) is 5.56 Å². The summed E-state index contributed by atoms with van der Waals surface area (Å²) in [5.74, 6) is -0.269. The van der Waals surface area contributed by atoms with E-state index in [1.807, 2.05) is 6.92 Å². The maximum absolute atomic E-state index is 14.3. The van der Waals surface area contributed by atoms with E-state index in [1.54, 1.807) is 42.5 Å². The van der Waals surface area contributed by atoms with Gasteiger partial charge >= 0.3 is 0 Å². The fourth-order valence-electron chi connectivity index (χ4n) is 2.76. The van der Waals surface area contributed by atoms with Crippen molar-refractivity contribution >= 4 is 11.6 Å². The molecule has 24 heavy (non-hydrogen) atoms. The van der Waals surface area contributed by atoms with Crippen molar-refractivity contribution < 1.29 is 13.5 Å². The predicted molar refractivity (Wildman–Crippen MR) is 93.5 cm³/mol. The molecule has 3 aromatic carbocycles. The van der Waals surface area contributed by atoms with Crippen LogP contribution >= 0.6 is 11.6 Å². The SMILES string of the molecule is COc1cc(C)c(-c2c(F)cccc2Cl)cc1-c1ccccc1F. The lowest BCUT2D eigenvalue weighted by atomic mass is 9.93. The largest absolute Gasteiger partial charge is 0.496 e. The fourth-order valence-corrected chi connectivity index (χ4v) is 3.03. The molecule has 0 aromatic heterocycles. The lowest BCUT2D eigenvalue weighted by Crippen LogP contribution is -1.95. The van der Waals surface area contributed by atoms with Crippen molar-refractivity contribution in [3.05, 3.63) is 76.8 Å². The van der Waals surface area contributed by atoms with Crippen LogP contribution in [0.4, 0.5) is 8.78 Å². The van der Waals surface area contributed by atoms with E-state index < -0.39 is 5.82 Å². The van der Waals surface area contributed by atoms with Gasteiger partial charge in [-0.1, -0.05) is 35.9 Å². The number of ether oxygens (including phenoxy) is 1. The Morgan fingerprint density at radius 3 is 2.21 bits per heavy atom. The van der Waals surface area contributed by atoms with Crippen molar-refractivity contribution in [3.63, 3.8) is 0 Å². The van der Waals surface area contributed by atoms with Crippen molar-refractivity contribution in [3.8, 4) is 28.0 Å². The van der Waals surface area contributed by atoms with E-state index in [-0.39, 0.29) is 5.82 Å². The Hall–Kier alpha value is -2.39. The van der Waals surface area contributed by atoms with Gasteiger partial charge in [-0.25, -0.2) is 8.78 Å². The second kappa shape index (κ2) is 6.62. The fraction of sp³-hybridized carbons (Fsp3) is 0.100. The first-order valence-electron chi connectivity index (χ1n) is 7.41. The van der Waals surface area contributed by atoms with Crippen LogP contribution in [0.25, 0.3) is 22.3 Å². The van der Waals surface area contributed by atoms with Gasteiger partial charge in [0, 0.05) is 16.7 Å². The van der Waals surface area contributed by atoms with Crippen molar-refractivity contribution in [1.29, 1.82) is 0 Å². The molecule has 0 saturated carbocycles. The Balaban J connectivity index is 2.31. The van der Waals surface area contributed by atoms with E-state index in [4.69, 9.17) is 16.3 Å². The van der Waals surface area contributed by atoms with E-state index in [0.29, 0.717) is 33.0 Å². The van der Waals surface area contributed by atoms with Crippen molar-refractivity contribution in [2.75, 3.05) is 7.11 Å². The molecule has 0 spiro atoms. The molecular weight excluding hydrogens is 330 g/mol.